The third-order valence-corrected chi connectivity index (χ3v) is 6.22. The number of ether oxygens (including phenoxy) is 4. The summed E-state index contributed by atoms with van der Waals surface area (Å²) in [6, 6.07) is 14.0. The number of amides is 1. The van der Waals surface area contributed by atoms with Crippen LogP contribution < -0.4 is 23.8 Å². The predicted molar refractivity (Wildman–Crippen MR) is 144 cm³/mol. The molecular weight excluding hydrogens is 505 g/mol. The van der Waals surface area contributed by atoms with Crippen LogP contribution in [0.4, 0.5) is 10.1 Å². The zero-order valence-electron chi connectivity index (χ0n) is 22.4. The average molecular weight is 536 g/mol. The minimum atomic E-state index is -1.14. The molecular formula is C30H30FNO7. The van der Waals surface area contributed by atoms with E-state index in [9.17, 15) is 19.1 Å². The molecule has 0 spiro atoms. The molecule has 8 nitrogen and oxygen atoms in total. The van der Waals surface area contributed by atoms with Crippen molar-refractivity contribution in [2.24, 2.45) is 5.92 Å². The molecule has 1 amide bonds. The molecule has 204 valence electrons. The van der Waals surface area contributed by atoms with E-state index in [1.165, 1.54) is 39.5 Å². The summed E-state index contributed by atoms with van der Waals surface area (Å²) < 4.78 is 36.4. The summed E-state index contributed by atoms with van der Waals surface area (Å²) in [5, 5.41) is 11.5. The van der Waals surface area contributed by atoms with Crippen LogP contribution in [-0.4, -0.2) is 44.7 Å². The maximum Gasteiger partial charge on any atom is 0.300 e. The first-order valence-electron chi connectivity index (χ1n) is 12.3. The van der Waals surface area contributed by atoms with Gasteiger partial charge in [-0.2, -0.15) is 0 Å². The van der Waals surface area contributed by atoms with Crippen LogP contribution in [0, 0.1) is 11.7 Å². The van der Waals surface area contributed by atoms with Crippen LogP contribution >= 0.6 is 0 Å². The fraction of sp³-hybridized carbons (Fsp3) is 0.267. The zero-order chi connectivity index (χ0) is 28.3. The molecule has 1 unspecified atom stereocenters. The van der Waals surface area contributed by atoms with Crippen molar-refractivity contribution in [2.75, 3.05) is 32.8 Å². The topological polar surface area (TPSA) is 94.5 Å². The summed E-state index contributed by atoms with van der Waals surface area (Å²) in [7, 11) is 4.33. The van der Waals surface area contributed by atoms with Gasteiger partial charge in [0.05, 0.1) is 39.6 Å². The lowest BCUT2D eigenvalue weighted by molar-refractivity contribution is -0.132. The number of aliphatic hydroxyl groups is 1. The first-order chi connectivity index (χ1) is 18.7. The molecule has 1 aliphatic rings. The Balaban J connectivity index is 1.96. The number of hydrogen-bond donors (Lipinski definition) is 1. The summed E-state index contributed by atoms with van der Waals surface area (Å²) in [4.78, 5) is 28.1. The van der Waals surface area contributed by atoms with Crippen molar-refractivity contribution in [1.29, 1.82) is 0 Å². The van der Waals surface area contributed by atoms with Gasteiger partial charge in [0.2, 0.25) is 5.75 Å². The Bertz CT molecular complexity index is 1410. The maximum atomic E-state index is 14.3. The van der Waals surface area contributed by atoms with Gasteiger partial charge in [-0.1, -0.05) is 32.0 Å². The molecule has 9 heteroatoms. The lowest BCUT2D eigenvalue weighted by atomic mass is 9.94. The van der Waals surface area contributed by atoms with Gasteiger partial charge in [0, 0.05) is 11.3 Å². The monoisotopic (exact) mass is 535 g/mol. The predicted octanol–water partition coefficient (Wildman–Crippen LogP) is 5.51. The normalized spacial score (nSPS) is 16.5. The number of methoxy groups -OCH3 is 3. The number of halogens is 1. The number of nitrogens with zero attached hydrogens (tertiary/aromatic N) is 1. The molecule has 39 heavy (non-hydrogen) atoms. The fourth-order valence-electron chi connectivity index (χ4n) is 4.45. The number of rotatable bonds is 9. The summed E-state index contributed by atoms with van der Waals surface area (Å²) in [6.07, 6.45) is 0. The van der Waals surface area contributed by atoms with E-state index in [1.807, 2.05) is 13.8 Å². The Labute approximate surface area is 226 Å². The van der Waals surface area contributed by atoms with Crippen molar-refractivity contribution < 1.29 is 38.0 Å². The lowest BCUT2D eigenvalue weighted by Crippen LogP contribution is -2.29. The fourth-order valence-corrected chi connectivity index (χ4v) is 4.45. The van der Waals surface area contributed by atoms with Crippen molar-refractivity contribution in [1.82, 2.24) is 0 Å². The van der Waals surface area contributed by atoms with Gasteiger partial charge in [-0.25, -0.2) is 4.39 Å². The maximum absolute atomic E-state index is 14.3. The van der Waals surface area contributed by atoms with Crippen LogP contribution in [0.25, 0.3) is 5.76 Å². The van der Waals surface area contributed by atoms with Crippen molar-refractivity contribution >= 4 is 23.1 Å². The highest BCUT2D eigenvalue weighted by Gasteiger charge is 2.47. The molecule has 0 bridgehead atoms. The summed E-state index contributed by atoms with van der Waals surface area (Å²) in [6.45, 7) is 4.48. The zero-order valence-corrected chi connectivity index (χ0v) is 22.4. The van der Waals surface area contributed by atoms with Crippen molar-refractivity contribution in [2.45, 2.75) is 19.9 Å². The molecule has 1 fully saturated rings. The molecule has 1 saturated heterocycles. The second kappa shape index (κ2) is 11.5. The first-order valence-corrected chi connectivity index (χ1v) is 12.3. The number of aliphatic hydroxyl groups excluding tert-OH is 1. The Morgan fingerprint density at radius 2 is 1.62 bits per heavy atom. The molecule has 1 N–H and O–H groups in total. The molecule has 1 atom stereocenters. The van der Waals surface area contributed by atoms with E-state index in [0.717, 1.165) is 11.0 Å². The molecule has 0 aliphatic carbocycles. The Hall–Kier alpha value is -4.53. The third-order valence-electron chi connectivity index (χ3n) is 6.22. The van der Waals surface area contributed by atoms with E-state index in [1.54, 1.807) is 36.4 Å². The minimum Gasteiger partial charge on any atom is -0.507 e. The molecule has 0 saturated carbocycles. The van der Waals surface area contributed by atoms with Crippen molar-refractivity contribution in [3.8, 4) is 23.0 Å². The minimum absolute atomic E-state index is 0.143. The van der Waals surface area contributed by atoms with Gasteiger partial charge in [0.25, 0.3) is 11.7 Å². The summed E-state index contributed by atoms with van der Waals surface area (Å²) >= 11 is 0. The number of carbonyl (C=O) groups excluding carboxylic acids is 2. The van der Waals surface area contributed by atoms with Gasteiger partial charge >= 0.3 is 0 Å². The van der Waals surface area contributed by atoms with Gasteiger partial charge < -0.3 is 24.1 Å². The number of Topliss-reactive ketones (excluding diaryl/α,β-unsaturated/α-hetero) is 1. The van der Waals surface area contributed by atoms with Crippen LogP contribution in [0.1, 0.15) is 31.0 Å². The second-order valence-electron chi connectivity index (χ2n) is 9.34. The Kier molecular flexibility index (Phi) is 8.09. The Morgan fingerprint density at radius 1 is 0.949 bits per heavy atom. The quantitative estimate of drug-likeness (QED) is 0.219. The standard InChI is InChI=1S/C30H30FNO7/c1-17(2)16-39-22-11-6-8-18(12-22)27(33)25-26(19-13-23(36-3)29(38-5)24(14-19)37-4)32(30(35)28(25)34)21-10-7-9-20(31)15-21/h6-15,17,26,33H,16H2,1-5H3/b27-25+. The number of anilines is 1. The van der Waals surface area contributed by atoms with Gasteiger partial charge in [-0.15, -0.1) is 0 Å². The van der Waals surface area contributed by atoms with Crippen molar-refractivity contribution in [3.63, 3.8) is 0 Å². The molecule has 1 heterocycles. The second-order valence-corrected chi connectivity index (χ2v) is 9.34. The summed E-state index contributed by atoms with van der Waals surface area (Å²) in [5.74, 6) is -1.20. The van der Waals surface area contributed by atoms with Gasteiger partial charge in [0.15, 0.2) is 11.5 Å². The molecule has 4 rings (SSSR count). The number of ketones is 1. The smallest absolute Gasteiger partial charge is 0.300 e. The van der Waals surface area contributed by atoms with E-state index in [2.05, 4.69) is 0 Å². The lowest BCUT2D eigenvalue weighted by Gasteiger charge is -2.26. The molecule has 3 aromatic rings. The molecule has 0 aromatic heterocycles. The van der Waals surface area contributed by atoms with E-state index < -0.39 is 29.3 Å². The Morgan fingerprint density at radius 3 is 2.21 bits per heavy atom. The molecule has 3 aromatic carbocycles. The third kappa shape index (κ3) is 5.38. The highest BCUT2D eigenvalue weighted by molar-refractivity contribution is 6.51. The van der Waals surface area contributed by atoms with Crippen molar-refractivity contribution in [3.05, 3.63) is 83.2 Å². The molecule has 0 radical (unpaired) electrons. The number of carbonyl (C=O) groups is 2. The highest BCUT2D eigenvalue weighted by Crippen LogP contribution is 2.47. The number of benzene rings is 3. The van der Waals surface area contributed by atoms with E-state index in [4.69, 9.17) is 18.9 Å². The average Bonchev–Trinajstić information content (AvgIpc) is 3.20. The van der Waals surface area contributed by atoms with Gasteiger partial charge in [-0.3, -0.25) is 14.5 Å². The molecule has 1 aliphatic heterocycles. The van der Waals surface area contributed by atoms with E-state index in [0.29, 0.717) is 23.7 Å². The van der Waals surface area contributed by atoms with Crippen LogP contribution in [-0.2, 0) is 9.59 Å². The van der Waals surface area contributed by atoms with Crippen LogP contribution in [0.15, 0.2) is 66.2 Å². The largest absolute Gasteiger partial charge is 0.507 e. The first kappa shape index (κ1) is 27.5. The van der Waals surface area contributed by atoms with Crippen LogP contribution in [0.3, 0.4) is 0 Å². The highest BCUT2D eigenvalue weighted by atomic mass is 19.1. The number of hydrogen-bond acceptors (Lipinski definition) is 7. The van der Waals surface area contributed by atoms with Crippen LogP contribution in [0.5, 0.6) is 23.0 Å². The van der Waals surface area contributed by atoms with E-state index >= 15 is 0 Å². The van der Waals surface area contributed by atoms with E-state index in [-0.39, 0.29) is 34.2 Å². The van der Waals surface area contributed by atoms with Gasteiger partial charge in [0.1, 0.15) is 17.3 Å². The summed E-state index contributed by atoms with van der Waals surface area (Å²) in [5.41, 5.74) is 0.621. The van der Waals surface area contributed by atoms with Crippen LogP contribution in [0.2, 0.25) is 0 Å². The SMILES string of the molecule is COc1cc(C2/C(=C(\O)c3cccc(OCC(C)C)c3)C(=O)C(=O)N2c2cccc(F)c2)cc(OC)c1OC. The van der Waals surface area contributed by atoms with Gasteiger partial charge in [-0.05, 0) is 53.9 Å².